The Bertz CT molecular complexity index is 1070. The standard InChI is InChI=1S/C18H15N5O5S2/c1-28-14-5-3-2-4-13(14)19-15(24)10-29-18-22-21-17(30-18)20-16(25)11-6-8-12(9-7-11)23(26)27/h2-9H,10H2,1H3,(H,19,24)(H,20,21,25). The van der Waals surface area contributed by atoms with Crippen LogP contribution in [0.1, 0.15) is 10.4 Å². The van der Waals surface area contributed by atoms with Gasteiger partial charge in [-0.1, -0.05) is 35.2 Å². The molecule has 2 N–H and O–H groups in total. The Hall–Kier alpha value is -3.51. The Kier molecular flexibility index (Phi) is 6.93. The fourth-order valence-electron chi connectivity index (χ4n) is 2.28. The van der Waals surface area contributed by atoms with Crippen LogP contribution in [0.4, 0.5) is 16.5 Å². The van der Waals surface area contributed by atoms with Crippen molar-refractivity contribution < 1.29 is 19.2 Å². The van der Waals surface area contributed by atoms with E-state index in [1.54, 1.807) is 24.3 Å². The van der Waals surface area contributed by atoms with Gasteiger partial charge in [0.05, 0.1) is 23.5 Å². The topological polar surface area (TPSA) is 136 Å². The van der Waals surface area contributed by atoms with Gasteiger partial charge >= 0.3 is 0 Å². The van der Waals surface area contributed by atoms with Crippen molar-refractivity contribution in [2.75, 3.05) is 23.5 Å². The lowest BCUT2D eigenvalue weighted by atomic mass is 10.2. The predicted molar refractivity (Wildman–Crippen MR) is 113 cm³/mol. The molecule has 0 atom stereocenters. The van der Waals surface area contributed by atoms with E-state index in [0.29, 0.717) is 15.8 Å². The number of carbonyl (C=O) groups excluding carboxylic acids is 2. The number of amides is 2. The number of methoxy groups -OCH3 is 1. The molecule has 1 aromatic heterocycles. The van der Waals surface area contributed by atoms with Gasteiger partial charge in [0.1, 0.15) is 5.75 Å². The molecule has 12 heteroatoms. The average Bonchev–Trinajstić information content (AvgIpc) is 3.20. The van der Waals surface area contributed by atoms with E-state index in [-0.39, 0.29) is 28.0 Å². The summed E-state index contributed by atoms with van der Waals surface area (Å²) in [6.45, 7) is 0. The number of carbonyl (C=O) groups is 2. The summed E-state index contributed by atoms with van der Waals surface area (Å²) in [6.07, 6.45) is 0. The van der Waals surface area contributed by atoms with Gasteiger partial charge < -0.3 is 10.1 Å². The van der Waals surface area contributed by atoms with E-state index in [1.165, 1.54) is 43.1 Å². The first-order valence-corrected chi connectivity index (χ1v) is 10.2. The SMILES string of the molecule is COc1ccccc1NC(=O)CSc1nnc(NC(=O)c2ccc([N+](=O)[O-])cc2)s1. The van der Waals surface area contributed by atoms with E-state index in [4.69, 9.17) is 4.74 Å². The first-order chi connectivity index (χ1) is 14.5. The van der Waals surface area contributed by atoms with Gasteiger partial charge in [-0.3, -0.25) is 25.0 Å². The molecule has 0 aliphatic carbocycles. The van der Waals surface area contributed by atoms with Crippen LogP contribution in [0.25, 0.3) is 0 Å². The molecule has 0 saturated carbocycles. The number of thioether (sulfide) groups is 1. The van der Waals surface area contributed by atoms with Crippen LogP contribution in [-0.2, 0) is 4.79 Å². The number of aromatic nitrogens is 2. The molecule has 2 amide bonds. The highest BCUT2D eigenvalue weighted by Crippen LogP contribution is 2.27. The Balaban J connectivity index is 1.52. The highest BCUT2D eigenvalue weighted by Gasteiger charge is 2.14. The molecule has 0 fully saturated rings. The van der Waals surface area contributed by atoms with Crippen LogP contribution in [-0.4, -0.2) is 39.8 Å². The van der Waals surface area contributed by atoms with Crippen molar-refractivity contribution in [3.8, 4) is 5.75 Å². The average molecular weight is 445 g/mol. The molecular formula is C18H15N5O5S2. The van der Waals surface area contributed by atoms with Gasteiger partial charge in [-0.25, -0.2) is 0 Å². The van der Waals surface area contributed by atoms with Gasteiger partial charge in [0.2, 0.25) is 11.0 Å². The number of non-ortho nitro benzene ring substituents is 1. The Morgan fingerprint density at radius 2 is 1.87 bits per heavy atom. The number of hydrogen-bond acceptors (Lipinski definition) is 9. The zero-order chi connectivity index (χ0) is 21.5. The smallest absolute Gasteiger partial charge is 0.269 e. The van der Waals surface area contributed by atoms with Crippen LogP contribution in [0.15, 0.2) is 52.9 Å². The largest absolute Gasteiger partial charge is 0.495 e. The second-order valence-corrected chi connectivity index (χ2v) is 7.87. The molecule has 30 heavy (non-hydrogen) atoms. The van der Waals surface area contributed by atoms with Crippen LogP contribution < -0.4 is 15.4 Å². The maximum absolute atomic E-state index is 12.2. The number of benzene rings is 2. The van der Waals surface area contributed by atoms with E-state index in [1.807, 2.05) is 0 Å². The van der Waals surface area contributed by atoms with Crippen LogP contribution in [0.5, 0.6) is 5.75 Å². The lowest BCUT2D eigenvalue weighted by Gasteiger charge is -2.08. The van der Waals surface area contributed by atoms with Crippen molar-refractivity contribution in [2.24, 2.45) is 0 Å². The highest BCUT2D eigenvalue weighted by molar-refractivity contribution is 8.01. The van der Waals surface area contributed by atoms with Crippen molar-refractivity contribution >= 4 is 51.4 Å². The zero-order valence-corrected chi connectivity index (χ0v) is 17.2. The van der Waals surface area contributed by atoms with Gasteiger partial charge in [0.15, 0.2) is 4.34 Å². The number of rotatable bonds is 8. The number of nitrogens with zero attached hydrogens (tertiary/aromatic N) is 3. The Labute approximate surface area is 178 Å². The van der Waals surface area contributed by atoms with Crippen LogP contribution in [0, 0.1) is 10.1 Å². The van der Waals surface area contributed by atoms with E-state index in [0.717, 1.165) is 11.3 Å². The second kappa shape index (κ2) is 9.80. The molecule has 154 valence electrons. The van der Waals surface area contributed by atoms with Gasteiger partial charge in [-0.05, 0) is 24.3 Å². The Morgan fingerprint density at radius 3 is 2.57 bits per heavy atom. The van der Waals surface area contributed by atoms with Crippen molar-refractivity contribution in [1.29, 1.82) is 0 Å². The van der Waals surface area contributed by atoms with Crippen molar-refractivity contribution in [3.63, 3.8) is 0 Å². The van der Waals surface area contributed by atoms with Crippen LogP contribution >= 0.6 is 23.1 Å². The summed E-state index contributed by atoms with van der Waals surface area (Å²) in [6, 6.07) is 12.3. The molecule has 0 bridgehead atoms. The van der Waals surface area contributed by atoms with Crippen molar-refractivity contribution in [1.82, 2.24) is 10.2 Å². The lowest BCUT2D eigenvalue weighted by molar-refractivity contribution is -0.384. The molecule has 0 aliphatic rings. The molecule has 0 radical (unpaired) electrons. The van der Waals surface area contributed by atoms with E-state index >= 15 is 0 Å². The quantitative estimate of drug-likeness (QED) is 0.233. The molecule has 1 heterocycles. The van der Waals surface area contributed by atoms with Gasteiger partial charge in [0.25, 0.3) is 11.6 Å². The van der Waals surface area contributed by atoms with Gasteiger partial charge in [0, 0.05) is 17.7 Å². The first-order valence-electron chi connectivity index (χ1n) is 8.41. The van der Waals surface area contributed by atoms with Crippen molar-refractivity contribution in [2.45, 2.75) is 4.34 Å². The second-order valence-electron chi connectivity index (χ2n) is 5.67. The number of para-hydroxylation sites is 2. The minimum absolute atomic E-state index is 0.100. The third kappa shape index (κ3) is 5.52. The normalized spacial score (nSPS) is 10.3. The molecule has 0 spiro atoms. The minimum Gasteiger partial charge on any atom is -0.495 e. The monoisotopic (exact) mass is 445 g/mol. The number of hydrogen-bond donors (Lipinski definition) is 2. The molecular weight excluding hydrogens is 430 g/mol. The summed E-state index contributed by atoms with van der Waals surface area (Å²) < 4.78 is 5.69. The van der Waals surface area contributed by atoms with E-state index in [2.05, 4.69) is 20.8 Å². The fourth-order valence-corrected chi connectivity index (χ4v) is 3.83. The molecule has 2 aromatic carbocycles. The third-order valence-electron chi connectivity index (χ3n) is 3.68. The molecule has 3 aromatic rings. The van der Waals surface area contributed by atoms with E-state index < -0.39 is 10.8 Å². The maximum atomic E-state index is 12.2. The van der Waals surface area contributed by atoms with Crippen LogP contribution in [0.2, 0.25) is 0 Å². The molecule has 0 aliphatic heterocycles. The first kappa shape index (κ1) is 21.2. The van der Waals surface area contributed by atoms with Crippen LogP contribution in [0.3, 0.4) is 0 Å². The molecule has 0 unspecified atom stereocenters. The number of anilines is 2. The number of nitro benzene ring substituents is 1. The summed E-state index contributed by atoms with van der Waals surface area (Å²) in [7, 11) is 1.52. The van der Waals surface area contributed by atoms with E-state index in [9.17, 15) is 19.7 Å². The highest BCUT2D eigenvalue weighted by atomic mass is 32.2. The fraction of sp³-hybridized carbons (Fsp3) is 0.111. The molecule has 0 saturated heterocycles. The third-order valence-corrected chi connectivity index (χ3v) is 5.65. The zero-order valence-electron chi connectivity index (χ0n) is 15.5. The van der Waals surface area contributed by atoms with Gasteiger partial charge in [-0.15, -0.1) is 10.2 Å². The lowest BCUT2D eigenvalue weighted by Crippen LogP contribution is -2.14. The molecule has 3 rings (SSSR count). The Morgan fingerprint density at radius 1 is 1.13 bits per heavy atom. The maximum Gasteiger partial charge on any atom is 0.269 e. The van der Waals surface area contributed by atoms with Gasteiger partial charge in [-0.2, -0.15) is 0 Å². The predicted octanol–water partition coefficient (Wildman–Crippen LogP) is 3.44. The number of nitrogens with one attached hydrogen (secondary N) is 2. The summed E-state index contributed by atoms with van der Waals surface area (Å²) >= 11 is 2.29. The summed E-state index contributed by atoms with van der Waals surface area (Å²) in [4.78, 5) is 34.5. The number of ether oxygens (including phenoxy) is 1. The summed E-state index contributed by atoms with van der Waals surface area (Å²) in [5.74, 6) is -0.0473. The summed E-state index contributed by atoms with van der Waals surface area (Å²) in [5.41, 5.74) is 0.715. The number of nitro groups is 1. The minimum atomic E-state index is -0.542. The summed E-state index contributed by atoms with van der Waals surface area (Å²) in [5, 5.41) is 24.1. The van der Waals surface area contributed by atoms with Crippen molar-refractivity contribution in [3.05, 3.63) is 64.2 Å². The molecule has 10 nitrogen and oxygen atoms in total.